The Kier molecular flexibility index (Phi) is 4.92. The molecule has 3 aromatic rings. The fourth-order valence-electron chi connectivity index (χ4n) is 2.35. The molecule has 0 fully saturated rings. The van der Waals surface area contributed by atoms with Crippen LogP contribution in [-0.4, -0.2) is 14.6 Å². The van der Waals surface area contributed by atoms with Gasteiger partial charge in [0.05, 0.1) is 5.69 Å². The number of hydrogen-bond donors (Lipinski definition) is 0. The molecule has 0 amide bonds. The van der Waals surface area contributed by atoms with Crippen molar-refractivity contribution in [1.29, 1.82) is 0 Å². The third-order valence-corrected chi connectivity index (χ3v) is 5.85. The molecule has 0 unspecified atom stereocenters. The number of halogens is 1. The van der Waals surface area contributed by atoms with E-state index in [1.54, 1.807) is 17.8 Å². The van der Waals surface area contributed by atoms with Crippen LogP contribution in [0.4, 0.5) is 11.4 Å². The molecule has 2 heterocycles. The molecule has 0 radical (unpaired) electrons. The average Bonchev–Trinajstić information content (AvgIpc) is 2.67. The van der Waals surface area contributed by atoms with Crippen molar-refractivity contribution in [2.24, 2.45) is 5.10 Å². The number of hydrazone groups is 1. The molecule has 1 aromatic heterocycles. The van der Waals surface area contributed by atoms with Crippen molar-refractivity contribution < 1.29 is 0 Å². The van der Waals surface area contributed by atoms with Gasteiger partial charge >= 0.3 is 0 Å². The SMILES string of the molecule is Clc1cc2c(nn1)SC(SCc1ccccc1)=NN2c1ccccc1. The minimum absolute atomic E-state index is 0.357. The van der Waals surface area contributed by atoms with Crippen LogP contribution in [0.3, 0.4) is 0 Å². The van der Waals surface area contributed by atoms with Crippen molar-refractivity contribution in [3.05, 3.63) is 77.4 Å². The summed E-state index contributed by atoms with van der Waals surface area (Å²) in [5, 5.41) is 16.1. The molecule has 0 saturated heterocycles. The topological polar surface area (TPSA) is 41.4 Å². The average molecular weight is 385 g/mol. The first kappa shape index (κ1) is 16.4. The lowest BCUT2D eigenvalue weighted by Crippen LogP contribution is -2.17. The zero-order chi connectivity index (χ0) is 17.1. The predicted molar refractivity (Wildman–Crippen MR) is 107 cm³/mol. The number of aromatic nitrogens is 2. The first-order chi connectivity index (χ1) is 12.3. The Balaban J connectivity index is 1.65. The lowest BCUT2D eigenvalue weighted by atomic mass is 10.2. The molecule has 1 aliphatic heterocycles. The summed E-state index contributed by atoms with van der Waals surface area (Å²) in [4.78, 5) is 0. The fourth-order valence-corrected chi connectivity index (χ4v) is 4.39. The molecule has 4 nitrogen and oxygen atoms in total. The van der Waals surface area contributed by atoms with Crippen molar-refractivity contribution in [3.8, 4) is 0 Å². The van der Waals surface area contributed by atoms with Crippen LogP contribution in [0.15, 0.2) is 76.9 Å². The normalized spacial score (nSPS) is 13.3. The molecule has 2 aromatic carbocycles. The molecule has 1 aliphatic rings. The van der Waals surface area contributed by atoms with Gasteiger partial charge in [-0.15, -0.1) is 10.2 Å². The highest BCUT2D eigenvalue weighted by molar-refractivity contribution is 8.38. The zero-order valence-corrected chi connectivity index (χ0v) is 15.4. The van der Waals surface area contributed by atoms with E-state index in [0.717, 1.165) is 26.5 Å². The van der Waals surface area contributed by atoms with Crippen LogP contribution in [0.5, 0.6) is 0 Å². The number of hydrogen-bond acceptors (Lipinski definition) is 6. The highest BCUT2D eigenvalue weighted by Gasteiger charge is 2.24. The van der Waals surface area contributed by atoms with Gasteiger partial charge in [0, 0.05) is 11.8 Å². The van der Waals surface area contributed by atoms with Gasteiger partial charge in [0.2, 0.25) is 0 Å². The van der Waals surface area contributed by atoms with Gasteiger partial charge in [-0.25, -0.2) is 5.01 Å². The third kappa shape index (κ3) is 3.81. The standard InChI is InChI=1S/C18H13ClN4S2/c19-16-11-15-17(21-20-16)25-18(24-12-13-7-3-1-4-8-13)22-23(15)14-9-5-2-6-10-14/h1-11H,12H2. The summed E-state index contributed by atoms with van der Waals surface area (Å²) in [6.45, 7) is 0. The number of nitrogens with zero attached hydrogens (tertiary/aromatic N) is 4. The summed E-state index contributed by atoms with van der Waals surface area (Å²) in [5.41, 5.74) is 3.07. The number of anilines is 2. The van der Waals surface area contributed by atoms with Crippen LogP contribution >= 0.6 is 35.1 Å². The quantitative estimate of drug-likeness (QED) is 0.589. The van der Waals surface area contributed by atoms with Crippen LogP contribution in [0.25, 0.3) is 0 Å². The summed E-state index contributed by atoms with van der Waals surface area (Å²) >= 11 is 9.25. The van der Waals surface area contributed by atoms with Gasteiger partial charge in [0.15, 0.2) is 14.6 Å². The van der Waals surface area contributed by atoms with E-state index in [0.29, 0.717) is 5.15 Å². The van der Waals surface area contributed by atoms with E-state index in [4.69, 9.17) is 16.7 Å². The Morgan fingerprint density at radius 2 is 1.68 bits per heavy atom. The van der Waals surface area contributed by atoms with Crippen molar-refractivity contribution in [1.82, 2.24) is 10.2 Å². The Morgan fingerprint density at radius 3 is 2.44 bits per heavy atom. The van der Waals surface area contributed by atoms with E-state index in [2.05, 4.69) is 22.3 Å². The summed E-state index contributed by atoms with van der Waals surface area (Å²) in [6.07, 6.45) is 0. The molecule has 0 spiro atoms. The molecule has 0 saturated carbocycles. The minimum atomic E-state index is 0.357. The summed E-state index contributed by atoms with van der Waals surface area (Å²) in [6, 6.07) is 22.1. The number of thioether (sulfide) groups is 2. The molecule has 0 atom stereocenters. The second-order valence-corrected chi connectivity index (χ2v) is 7.83. The van der Waals surface area contributed by atoms with Crippen LogP contribution in [0.1, 0.15) is 5.56 Å². The summed E-state index contributed by atoms with van der Waals surface area (Å²) in [5.74, 6) is 0.853. The van der Waals surface area contributed by atoms with Gasteiger partial charge in [-0.2, -0.15) is 5.10 Å². The smallest absolute Gasteiger partial charge is 0.157 e. The van der Waals surface area contributed by atoms with Crippen molar-refractivity contribution in [3.63, 3.8) is 0 Å². The first-order valence-corrected chi connectivity index (χ1v) is 9.79. The van der Waals surface area contributed by atoms with E-state index >= 15 is 0 Å². The van der Waals surface area contributed by atoms with Crippen LogP contribution in [0.2, 0.25) is 5.15 Å². The minimum Gasteiger partial charge on any atom is -0.229 e. The Hall–Kier alpha value is -2.02. The van der Waals surface area contributed by atoms with Gasteiger partial charge in [-0.3, -0.25) is 0 Å². The van der Waals surface area contributed by atoms with E-state index < -0.39 is 0 Å². The lowest BCUT2D eigenvalue weighted by molar-refractivity contribution is 0.902. The van der Waals surface area contributed by atoms with Crippen molar-refractivity contribution in [2.45, 2.75) is 10.8 Å². The van der Waals surface area contributed by atoms with E-state index in [1.165, 1.54) is 17.3 Å². The highest BCUT2D eigenvalue weighted by Crippen LogP contribution is 2.42. The number of fused-ring (bicyclic) bond motifs is 1. The Morgan fingerprint density at radius 1 is 0.960 bits per heavy atom. The van der Waals surface area contributed by atoms with Crippen LogP contribution in [-0.2, 0) is 5.75 Å². The molecule has 0 bridgehead atoms. The Labute approximate surface area is 159 Å². The third-order valence-electron chi connectivity index (χ3n) is 3.51. The second kappa shape index (κ2) is 7.47. The monoisotopic (exact) mass is 384 g/mol. The Bertz CT molecular complexity index is 903. The molecule has 4 rings (SSSR count). The maximum absolute atomic E-state index is 6.04. The van der Waals surface area contributed by atoms with E-state index in [-0.39, 0.29) is 0 Å². The van der Waals surface area contributed by atoms with E-state index in [9.17, 15) is 0 Å². The van der Waals surface area contributed by atoms with E-state index in [1.807, 2.05) is 53.5 Å². The van der Waals surface area contributed by atoms with Crippen LogP contribution < -0.4 is 5.01 Å². The largest absolute Gasteiger partial charge is 0.229 e. The molecule has 124 valence electrons. The molecular formula is C18H13ClN4S2. The number of benzene rings is 2. The maximum atomic E-state index is 6.04. The second-order valence-electron chi connectivity index (χ2n) is 5.25. The molecule has 0 aliphatic carbocycles. The first-order valence-electron chi connectivity index (χ1n) is 7.61. The van der Waals surface area contributed by atoms with Gasteiger partial charge in [0.1, 0.15) is 5.69 Å². The van der Waals surface area contributed by atoms with Crippen molar-refractivity contribution in [2.75, 3.05) is 5.01 Å². The molecule has 0 N–H and O–H groups in total. The maximum Gasteiger partial charge on any atom is 0.157 e. The molecule has 25 heavy (non-hydrogen) atoms. The van der Waals surface area contributed by atoms with Crippen molar-refractivity contribution >= 4 is 50.9 Å². The highest BCUT2D eigenvalue weighted by atomic mass is 35.5. The van der Waals surface area contributed by atoms with Gasteiger partial charge in [-0.1, -0.05) is 71.9 Å². The van der Waals surface area contributed by atoms with Gasteiger partial charge in [0.25, 0.3) is 0 Å². The zero-order valence-electron chi connectivity index (χ0n) is 13.0. The molecular weight excluding hydrogens is 372 g/mol. The fraction of sp³-hybridized carbons (Fsp3) is 0.0556. The predicted octanol–water partition coefficient (Wildman–Crippen LogP) is 5.58. The number of rotatable bonds is 3. The summed E-state index contributed by atoms with van der Waals surface area (Å²) < 4.78 is 0.928. The van der Waals surface area contributed by atoms with Gasteiger partial charge < -0.3 is 0 Å². The number of para-hydroxylation sites is 1. The lowest BCUT2D eigenvalue weighted by Gasteiger charge is -2.25. The summed E-state index contributed by atoms with van der Waals surface area (Å²) in [7, 11) is 0. The van der Waals surface area contributed by atoms with Crippen LogP contribution in [0, 0.1) is 0 Å². The molecule has 7 heteroatoms. The van der Waals surface area contributed by atoms with Gasteiger partial charge in [-0.05, 0) is 29.5 Å².